The normalized spacial score (nSPS) is 27.2. The van der Waals surface area contributed by atoms with Gasteiger partial charge in [-0.15, -0.1) is 11.3 Å². The van der Waals surface area contributed by atoms with Crippen LogP contribution in [0.2, 0.25) is 0 Å². The zero-order valence-corrected chi connectivity index (χ0v) is 13.6. The van der Waals surface area contributed by atoms with Gasteiger partial charge in [0, 0.05) is 37.1 Å². The molecule has 0 amide bonds. The van der Waals surface area contributed by atoms with E-state index in [1.54, 1.807) is 0 Å². The monoisotopic (exact) mass is 343 g/mol. The summed E-state index contributed by atoms with van der Waals surface area (Å²) in [5.74, 6) is 0. The van der Waals surface area contributed by atoms with Crippen molar-refractivity contribution in [1.29, 1.82) is 0 Å². The third kappa shape index (κ3) is 3.05. The van der Waals surface area contributed by atoms with Crippen molar-refractivity contribution in [2.45, 2.75) is 31.3 Å². The Kier molecular flexibility index (Phi) is 4.59. The molecule has 106 valence electrons. The number of thiophene rings is 1. The summed E-state index contributed by atoms with van der Waals surface area (Å²) in [5, 5.41) is 0. The maximum atomic E-state index is 6.05. The largest absolute Gasteiger partial charge is 0.329 e. The summed E-state index contributed by atoms with van der Waals surface area (Å²) in [6.07, 6.45) is 4.14. The molecule has 3 nitrogen and oxygen atoms in total. The summed E-state index contributed by atoms with van der Waals surface area (Å²) in [6.45, 7) is 5.59. The lowest BCUT2D eigenvalue weighted by Gasteiger charge is -2.46. The molecule has 0 spiro atoms. The molecule has 2 N–H and O–H groups in total. The third-order valence-electron chi connectivity index (χ3n) is 4.46. The molecule has 3 heterocycles. The molecule has 2 unspecified atom stereocenters. The van der Waals surface area contributed by atoms with Gasteiger partial charge in [0.2, 0.25) is 0 Å². The molecule has 3 rings (SSSR count). The fraction of sp³-hybridized carbons (Fsp3) is 0.714. The van der Waals surface area contributed by atoms with Crippen LogP contribution < -0.4 is 5.73 Å². The van der Waals surface area contributed by atoms with E-state index in [0.717, 1.165) is 19.1 Å². The molecule has 0 aromatic carbocycles. The molecule has 0 saturated carbocycles. The standard InChI is InChI=1S/C14H22BrN3S/c15-14-5-4-13(19-14)12(9-16)18-8-7-17-6-2-1-3-11(17)10-18/h4-5,11-12H,1-3,6-10,16H2. The average Bonchev–Trinajstić information content (AvgIpc) is 2.86. The smallest absolute Gasteiger partial charge is 0.0702 e. The van der Waals surface area contributed by atoms with E-state index >= 15 is 0 Å². The van der Waals surface area contributed by atoms with Crippen LogP contribution in [-0.2, 0) is 0 Å². The number of hydrogen-bond donors (Lipinski definition) is 1. The van der Waals surface area contributed by atoms with Gasteiger partial charge in [-0.1, -0.05) is 6.42 Å². The zero-order chi connectivity index (χ0) is 13.2. The van der Waals surface area contributed by atoms with Crippen molar-refractivity contribution in [3.8, 4) is 0 Å². The average molecular weight is 344 g/mol. The van der Waals surface area contributed by atoms with Gasteiger partial charge in [0.15, 0.2) is 0 Å². The van der Waals surface area contributed by atoms with Gasteiger partial charge in [-0.25, -0.2) is 0 Å². The molecule has 2 aliphatic rings. The second-order valence-electron chi connectivity index (χ2n) is 5.57. The van der Waals surface area contributed by atoms with Crippen LogP contribution in [0.25, 0.3) is 0 Å². The van der Waals surface area contributed by atoms with Crippen molar-refractivity contribution in [3.05, 3.63) is 20.8 Å². The molecule has 1 aromatic rings. The first kappa shape index (κ1) is 14.0. The van der Waals surface area contributed by atoms with E-state index in [2.05, 4.69) is 37.9 Å². The van der Waals surface area contributed by atoms with Crippen LogP contribution in [0, 0.1) is 0 Å². The van der Waals surface area contributed by atoms with Gasteiger partial charge in [0.05, 0.1) is 9.83 Å². The lowest BCUT2D eigenvalue weighted by atomic mass is 9.98. The molecule has 0 bridgehead atoms. The van der Waals surface area contributed by atoms with Gasteiger partial charge in [-0.05, 0) is 47.4 Å². The predicted octanol–water partition coefficient (Wildman–Crippen LogP) is 2.68. The van der Waals surface area contributed by atoms with Crippen molar-refractivity contribution in [3.63, 3.8) is 0 Å². The summed E-state index contributed by atoms with van der Waals surface area (Å²) >= 11 is 5.38. The highest BCUT2D eigenvalue weighted by atomic mass is 79.9. The zero-order valence-electron chi connectivity index (χ0n) is 11.2. The minimum absolute atomic E-state index is 0.403. The highest BCUT2D eigenvalue weighted by molar-refractivity contribution is 9.11. The Bertz CT molecular complexity index is 423. The molecule has 2 fully saturated rings. The molecular weight excluding hydrogens is 322 g/mol. The van der Waals surface area contributed by atoms with Gasteiger partial charge in [-0.3, -0.25) is 9.80 Å². The van der Waals surface area contributed by atoms with Crippen molar-refractivity contribution in [2.75, 3.05) is 32.7 Å². The summed E-state index contributed by atoms with van der Waals surface area (Å²) in [7, 11) is 0. The van der Waals surface area contributed by atoms with Crippen molar-refractivity contribution in [1.82, 2.24) is 9.80 Å². The Morgan fingerprint density at radius 3 is 2.95 bits per heavy atom. The molecule has 1 aromatic heterocycles. The number of piperazine rings is 1. The summed E-state index contributed by atoms with van der Waals surface area (Å²) in [6, 6.07) is 5.53. The number of nitrogens with zero attached hydrogens (tertiary/aromatic N) is 2. The number of nitrogens with two attached hydrogens (primary N) is 1. The van der Waals surface area contributed by atoms with E-state index < -0.39 is 0 Å². The fourth-order valence-corrected chi connectivity index (χ4v) is 4.99. The predicted molar refractivity (Wildman–Crippen MR) is 84.6 cm³/mol. The van der Waals surface area contributed by atoms with Crippen molar-refractivity contribution in [2.24, 2.45) is 5.73 Å². The molecular formula is C14H22BrN3S. The SMILES string of the molecule is NCC(c1ccc(Br)s1)N1CCN2CCCCC2C1. The van der Waals surface area contributed by atoms with E-state index in [-0.39, 0.29) is 0 Å². The highest BCUT2D eigenvalue weighted by Crippen LogP contribution is 2.32. The molecule has 2 saturated heterocycles. The highest BCUT2D eigenvalue weighted by Gasteiger charge is 2.32. The molecule has 2 aliphatic heterocycles. The fourth-order valence-electron chi connectivity index (χ4n) is 3.42. The third-order valence-corrected chi connectivity index (χ3v) is 6.18. The van der Waals surface area contributed by atoms with Crippen LogP contribution in [-0.4, -0.2) is 48.6 Å². The summed E-state index contributed by atoms with van der Waals surface area (Å²) < 4.78 is 1.21. The number of halogens is 1. The van der Waals surface area contributed by atoms with Crippen molar-refractivity contribution >= 4 is 27.3 Å². The second-order valence-corrected chi connectivity index (χ2v) is 8.07. The topological polar surface area (TPSA) is 32.5 Å². The Morgan fingerprint density at radius 2 is 2.21 bits per heavy atom. The lowest BCUT2D eigenvalue weighted by Crippen LogP contribution is -2.56. The maximum absolute atomic E-state index is 6.05. The van der Waals surface area contributed by atoms with Crippen LogP contribution in [0.4, 0.5) is 0 Å². The minimum atomic E-state index is 0.403. The van der Waals surface area contributed by atoms with Crippen LogP contribution in [0.1, 0.15) is 30.2 Å². The molecule has 2 atom stereocenters. The van der Waals surface area contributed by atoms with E-state index in [0.29, 0.717) is 6.04 Å². The van der Waals surface area contributed by atoms with Crippen molar-refractivity contribution < 1.29 is 0 Å². The molecule has 0 aliphatic carbocycles. The first-order valence-electron chi connectivity index (χ1n) is 7.21. The second kappa shape index (κ2) is 6.22. The van der Waals surface area contributed by atoms with Crippen LogP contribution >= 0.6 is 27.3 Å². The quantitative estimate of drug-likeness (QED) is 0.915. The first-order chi connectivity index (χ1) is 9.28. The molecule has 19 heavy (non-hydrogen) atoms. The Balaban J connectivity index is 1.70. The summed E-state index contributed by atoms with van der Waals surface area (Å²) in [4.78, 5) is 6.68. The van der Waals surface area contributed by atoms with Gasteiger partial charge in [0.1, 0.15) is 0 Å². The van der Waals surface area contributed by atoms with Crippen LogP contribution in [0.15, 0.2) is 15.9 Å². The van der Waals surface area contributed by atoms with Gasteiger partial charge in [0.25, 0.3) is 0 Å². The number of fused-ring (bicyclic) bond motifs is 1. The van der Waals surface area contributed by atoms with E-state index in [9.17, 15) is 0 Å². The van der Waals surface area contributed by atoms with E-state index in [1.165, 1.54) is 47.6 Å². The molecule has 0 radical (unpaired) electrons. The van der Waals surface area contributed by atoms with Gasteiger partial charge < -0.3 is 5.73 Å². The number of hydrogen-bond acceptors (Lipinski definition) is 4. The van der Waals surface area contributed by atoms with E-state index in [1.807, 2.05) is 11.3 Å². The van der Waals surface area contributed by atoms with E-state index in [4.69, 9.17) is 5.73 Å². The first-order valence-corrected chi connectivity index (χ1v) is 8.82. The number of rotatable bonds is 3. The Morgan fingerprint density at radius 1 is 1.32 bits per heavy atom. The minimum Gasteiger partial charge on any atom is -0.329 e. The van der Waals surface area contributed by atoms with Crippen LogP contribution in [0.3, 0.4) is 0 Å². The van der Waals surface area contributed by atoms with Gasteiger partial charge in [-0.2, -0.15) is 0 Å². The molecule has 5 heteroatoms. The van der Waals surface area contributed by atoms with Crippen LogP contribution in [0.5, 0.6) is 0 Å². The maximum Gasteiger partial charge on any atom is 0.0702 e. The Hall–Kier alpha value is 0.0600. The lowest BCUT2D eigenvalue weighted by molar-refractivity contribution is 0.0293. The summed E-state index contributed by atoms with van der Waals surface area (Å²) in [5.41, 5.74) is 6.05. The Labute approximate surface area is 127 Å². The van der Waals surface area contributed by atoms with Gasteiger partial charge >= 0.3 is 0 Å². The number of piperidine rings is 1.